The average Bonchev–Trinajstić information content (AvgIpc) is 2.04. The zero-order chi connectivity index (χ0) is 10.4. The van der Waals surface area contributed by atoms with Crippen LogP contribution in [0.25, 0.3) is 0 Å². The van der Waals surface area contributed by atoms with Gasteiger partial charge < -0.3 is 9.84 Å². The van der Waals surface area contributed by atoms with Crippen LogP contribution >= 0.6 is 0 Å². The van der Waals surface area contributed by atoms with Gasteiger partial charge in [0.25, 0.3) is 0 Å². The molecule has 5 heteroatoms. The summed E-state index contributed by atoms with van der Waals surface area (Å²) >= 11 is 0. The summed E-state index contributed by atoms with van der Waals surface area (Å²) in [6.07, 6.45) is 0. The first-order valence-electron chi connectivity index (χ1n) is 3.60. The maximum Gasteiger partial charge on any atom is 0.344 e. The summed E-state index contributed by atoms with van der Waals surface area (Å²) in [5.41, 5.74) is -0.984. The lowest BCUT2D eigenvalue weighted by molar-refractivity contribution is -0.138. The highest BCUT2D eigenvalue weighted by Gasteiger charge is 2.19. The van der Waals surface area contributed by atoms with Crippen LogP contribution in [0.1, 0.15) is 13.8 Å². The van der Waals surface area contributed by atoms with E-state index in [1.54, 1.807) is 6.92 Å². The Morgan fingerprint density at radius 2 is 2.23 bits per heavy atom. The van der Waals surface area contributed by atoms with Gasteiger partial charge in [-0.2, -0.15) is 5.26 Å². The lowest BCUT2D eigenvalue weighted by Crippen LogP contribution is -2.16. The Morgan fingerprint density at radius 3 is 2.54 bits per heavy atom. The number of nitrogens with one attached hydrogen (secondary N) is 1. The van der Waals surface area contributed by atoms with Gasteiger partial charge in [0.05, 0.1) is 6.61 Å². The molecule has 2 N–H and O–H groups in total. The van der Waals surface area contributed by atoms with Crippen molar-refractivity contribution in [1.82, 2.24) is 0 Å². The molecule has 0 aliphatic carbocycles. The first kappa shape index (κ1) is 11.2. The molecule has 0 rings (SSSR count). The van der Waals surface area contributed by atoms with Crippen molar-refractivity contribution in [2.24, 2.45) is 0 Å². The molecule has 0 fully saturated rings. The van der Waals surface area contributed by atoms with Crippen molar-refractivity contribution >= 4 is 11.7 Å². The number of nitrogens with zero attached hydrogens (tertiary/aromatic N) is 1. The number of esters is 1. The minimum Gasteiger partial charge on any atom is -0.512 e. The third-order valence-corrected chi connectivity index (χ3v) is 1.20. The van der Waals surface area contributed by atoms with E-state index < -0.39 is 11.7 Å². The van der Waals surface area contributed by atoms with E-state index in [1.165, 1.54) is 13.0 Å². The standard InChI is InChI=1S/C8H10N2O3/c1-3-13-8(12)7(5(2)11)6(10)4-9/h10-11H,3H2,1-2H3. The average molecular weight is 182 g/mol. The van der Waals surface area contributed by atoms with Gasteiger partial charge >= 0.3 is 5.97 Å². The van der Waals surface area contributed by atoms with Crippen molar-refractivity contribution in [3.63, 3.8) is 0 Å². The van der Waals surface area contributed by atoms with Gasteiger partial charge in [0, 0.05) is 0 Å². The highest BCUT2D eigenvalue weighted by Crippen LogP contribution is 2.05. The van der Waals surface area contributed by atoms with E-state index in [0.29, 0.717) is 0 Å². The van der Waals surface area contributed by atoms with Crippen LogP contribution in [0.3, 0.4) is 0 Å². The highest BCUT2D eigenvalue weighted by molar-refractivity contribution is 6.25. The molecule has 0 heterocycles. The predicted octanol–water partition coefficient (Wildman–Crippen LogP) is 0.925. The van der Waals surface area contributed by atoms with Gasteiger partial charge in [-0.3, -0.25) is 5.41 Å². The summed E-state index contributed by atoms with van der Waals surface area (Å²) in [6, 6.07) is 1.45. The summed E-state index contributed by atoms with van der Waals surface area (Å²) in [6.45, 7) is 2.95. The lowest BCUT2D eigenvalue weighted by Gasteiger charge is -2.03. The van der Waals surface area contributed by atoms with E-state index in [1.807, 2.05) is 0 Å². The Bertz CT molecular complexity index is 295. The summed E-state index contributed by atoms with van der Waals surface area (Å²) in [7, 11) is 0. The third-order valence-electron chi connectivity index (χ3n) is 1.20. The molecule has 0 bridgehead atoms. The number of aliphatic hydroxyl groups excluding tert-OH is 1. The van der Waals surface area contributed by atoms with Crippen molar-refractivity contribution in [3.05, 3.63) is 11.3 Å². The lowest BCUT2D eigenvalue weighted by atomic mass is 10.1. The van der Waals surface area contributed by atoms with Crippen LogP contribution in [0.4, 0.5) is 0 Å². The second kappa shape index (κ2) is 4.93. The molecule has 0 aromatic heterocycles. The summed E-state index contributed by atoms with van der Waals surface area (Å²) in [4.78, 5) is 11.1. The second-order valence-corrected chi connectivity index (χ2v) is 2.17. The fraction of sp³-hybridized carbons (Fsp3) is 0.375. The van der Waals surface area contributed by atoms with E-state index in [2.05, 4.69) is 4.74 Å². The highest BCUT2D eigenvalue weighted by atomic mass is 16.5. The summed E-state index contributed by atoms with van der Waals surface area (Å²) in [5, 5.41) is 24.4. The molecule has 0 aliphatic rings. The van der Waals surface area contributed by atoms with Crippen molar-refractivity contribution in [3.8, 4) is 6.07 Å². The van der Waals surface area contributed by atoms with E-state index in [4.69, 9.17) is 15.8 Å². The molecule has 0 saturated carbocycles. The number of hydrogen-bond acceptors (Lipinski definition) is 5. The Kier molecular flexibility index (Phi) is 4.24. The van der Waals surface area contributed by atoms with Crippen LogP contribution in [0.15, 0.2) is 11.3 Å². The zero-order valence-corrected chi connectivity index (χ0v) is 7.42. The quantitative estimate of drug-likeness (QED) is 0.293. The fourth-order valence-corrected chi connectivity index (χ4v) is 0.690. The molecule has 0 radical (unpaired) electrons. The molecule has 0 aromatic rings. The molecular weight excluding hydrogens is 172 g/mol. The largest absolute Gasteiger partial charge is 0.512 e. The number of aliphatic hydroxyl groups is 1. The number of carbonyl (C=O) groups excluding carboxylic acids is 1. The smallest absolute Gasteiger partial charge is 0.344 e. The van der Waals surface area contributed by atoms with Crippen LogP contribution < -0.4 is 0 Å². The fourth-order valence-electron chi connectivity index (χ4n) is 0.690. The van der Waals surface area contributed by atoms with Crippen LogP contribution in [0, 0.1) is 16.7 Å². The van der Waals surface area contributed by atoms with E-state index in [0.717, 1.165) is 0 Å². The molecular formula is C8H10N2O3. The second-order valence-electron chi connectivity index (χ2n) is 2.17. The first-order chi connectivity index (χ1) is 6.04. The van der Waals surface area contributed by atoms with Crippen LogP contribution in [0.2, 0.25) is 0 Å². The topological polar surface area (TPSA) is 94.2 Å². The van der Waals surface area contributed by atoms with Crippen LogP contribution in [-0.4, -0.2) is 23.4 Å². The molecule has 0 aromatic carbocycles. The van der Waals surface area contributed by atoms with Crippen molar-refractivity contribution in [2.75, 3.05) is 6.61 Å². The number of hydrogen-bond donors (Lipinski definition) is 2. The van der Waals surface area contributed by atoms with Crippen LogP contribution in [-0.2, 0) is 9.53 Å². The van der Waals surface area contributed by atoms with Crippen LogP contribution in [0.5, 0.6) is 0 Å². The van der Waals surface area contributed by atoms with Gasteiger partial charge in [-0.25, -0.2) is 4.79 Å². The number of ether oxygens (including phenoxy) is 1. The molecule has 13 heavy (non-hydrogen) atoms. The molecule has 0 saturated heterocycles. The number of carbonyl (C=O) groups is 1. The number of nitriles is 1. The van der Waals surface area contributed by atoms with Crippen molar-refractivity contribution in [1.29, 1.82) is 10.7 Å². The number of rotatable bonds is 3. The van der Waals surface area contributed by atoms with Gasteiger partial charge in [-0.1, -0.05) is 0 Å². The monoisotopic (exact) mass is 182 g/mol. The van der Waals surface area contributed by atoms with Gasteiger partial charge in [0.15, 0.2) is 0 Å². The molecule has 70 valence electrons. The summed E-state index contributed by atoms with van der Waals surface area (Å²) < 4.78 is 4.54. The van der Waals surface area contributed by atoms with E-state index in [-0.39, 0.29) is 17.9 Å². The van der Waals surface area contributed by atoms with Crippen molar-refractivity contribution < 1.29 is 14.6 Å². The Hall–Kier alpha value is -1.83. The van der Waals surface area contributed by atoms with Gasteiger partial charge in [-0.05, 0) is 13.8 Å². The molecule has 0 amide bonds. The number of allylic oxidation sites excluding steroid dienone is 1. The van der Waals surface area contributed by atoms with E-state index in [9.17, 15) is 4.79 Å². The van der Waals surface area contributed by atoms with E-state index >= 15 is 0 Å². The van der Waals surface area contributed by atoms with Crippen molar-refractivity contribution in [2.45, 2.75) is 13.8 Å². The molecule has 5 nitrogen and oxygen atoms in total. The Balaban J connectivity index is 4.88. The van der Waals surface area contributed by atoms with Gasteiger partial charge in [-0.15, -0.1) is 0 Å². The molecule has 0 atom stereocenters. The van der Waals surface area contributed by atoms with Gasteiger partial charge in [0.2, 0.25) is 0 Å². The minimum atomic E-state index is -0.853. The predicted molar refractivity (Wildman–Crippen MR) is 45.3 cm³/mol. The Morgan fingerprint density at radius 1 is 1.69 bits per heavy atom. The molecule has 0 unspecified atom stereocenters. The maximum absolute atomic E-state index is 11.1. The maximum atomic E-state index is 11.1. The first-order valence-corrected chi connectivity index (χ1v) is 3.60. The normalized spacial score (nSPS) is 11.2. The zero-order valence-electron chi connectivity index (χ0n) is 7.42. The Labute approximate surface area is 75.8 Å². The summed E-state index contributed by atoms with van der Waals surface area (Å²) in [5.74, 6) is -1.24. The SMILES string of the molecule is CCOC(=O)C(C(=N)C#N)=C(C)O. The minimum absolute atomic E-state index is 0.133. The van der Waals surface area contributed by atoms with Gasteiger partial charge in [0.1, 0.15) is 23.1 Å². The third kappa shape index (κ3) is 2.95. The molecule has 0 spiro atoms. The molecule has 0 aliphatic heterocycles.